The van der Waals surface area contributed by atoms with Crippen LogP contribution in [-0.2, 0) is 6.54 Å². The van der Waals surface area contributed by atoms with Crippen LogP contribution in [-0.4, -0.2) is 29.1 Å². The van der Waals surface area contributed by atoms with Gasteiger partial charge in [-0.05, 0) is 35.9 Å². The molecular formula is C23H16N4O3S. The van der Waals surface area contributed by atoms with Crippen molar-refractivity contribution in [2.24, 2.45) is 0 Å². The van der Waals surface area contributed by atoms with Crippen molar-refractivity contribution in [2.45, 2.75) is 6.54 Å². The number of rotatable bonds is 4. The molecule has 5 rings (SSSR count). The van der Waals surface area contributed by atoms with Crippen LogP contribution in [0.4, 0.5) is 5.13 Å². The maximum Gasteiger partial charge on any atom is 0.260 e. The minimum atomic E-state index is -0.204. The Labute approximate surface area is 182 Å². The van der Waals surface area contributed by atoms with Gasteiger partial charge in [-0.15, -0.1) is 0 Å². The van der Waals surface area contributed by atoms with Crippen molar-refractivity contribution in [1.29, 1.82) is 5.26 Å². The minimum Gasteiger partial charge on any atom is -0.486 e. The molecule has 152 valence electrons. The van der Waals surface area contributed by atoms with E-state index in [4.69, 9.17) is 19.7 Å². The summed E-state index contributed by atoms with van der Waals surface area (Å²) in [6.45, 7) is 1.33. The van der Waals surface area contributed by atoms with Gasteiger partial charge in [-0.3, -0.25) is 14.7 Å². The highest BCUT2D eigenvalue weighted by molar-refractivity contribution is 7.22. The monoisotopic (exact) mass is 428 g/mol. The third-order valence-corrected chi connectivity index (χ3v) is 5.88. The van der Waals surface area contributed by atoms with E-state index in [1.807, 2.05) is 24.3 Å². The molecule has 0 atom stereocenters. The van der Waals surface area contributed by atoms with Crippen molar-refractivity contribution in [3.05, 3.63) is 77.6 Å². The van der Waals surface area contributed by atoms with E-state index in [1.165, 1.54) is 11.3 Å². The first-order valence-corrected chi connectivity index (χ1v) is 10.4. The molecule has 2 aromatic carbocycles. The van der Waals surface area contributed by atoms with Crippen LogP contribution < -0.4 is 14.4 Å². The molecule has 2 aromatic heterocycles. The van der Waals surface area contributed by atoms with Gasteiger partial charge in [0.15, 0.2) is 16.6 Å². The molecule has 1 aliphatic heterocycles. The zero-order chi connectivity index (χ0) is 21.2. The van der Waals surface area contributed by atoms with E-state index in [-0.39, 0.29) is 5.91 Å². The maximum absolute atomic E-state index is 13.4. The van der Waals surface area contributed by atoms with E-state index in [1.54, 1.807) is 41.6 Å². The summed E-state index contributed by atoms with van der Waals surface area (Å²) in [5.41, 5.74) is 2.61. The van der Waals surface area contributed by atoms with Crippen molar-refractivity contribution in [3.8, 4) is 17.6 Å². The van der Waals surface area contributed by atoms with E-state index in [0.717, 1.165) is 15.8 Å². The molecule has 0 bridgehead atoms. The number of hydrogen-bond donors (Lipinski definition) is 0. The summed E-state index contributed by atoms with van der Waals surface area (Å²) >= 11 is 1.41. The van der Waals surface area contributed by atoms with Crippen LogP contribution in [0.5, 0.6) is 11.5 Å². The van der Waals surface area contributed by atoms with Gasteiger partial charge in [-0.2, -0.15) is 5.26 Å². The van der Waals surface area contributed by atoms with E-state index in [0.29, 0.717) is 47.5 Å². The number of nitrogens with zero attached hydrogens (tertiary/aromatic N) is 4. The van der Waals surface area contributed by atoms with Crippen molar-refractivity contribution < 1.29 is 14.3 Å². The fourth-order valence-corrected chi connectivity index (χ4v) is 4.29. The number of anilines is 1. The van der Waals surface area contributed by atoms with Crippen molar-refractivity contribution >= 4 is 32.6 Å². The molecule has 0 aliphatic carbocycles. The summed E-state index contributed by atoms with van der Waals surface area (Å²) in [6, 6.07) is 16.2. The van der Waals surface area contributed by atoms with E-state index >= 15 is 0 Å². The summed E-state index contributed by atoms with van der Waals surface area (Å²) < 4.78 is 12.2. The zero-order valence-electron chi connectivity index (χ0n) is 16.3. The molecule has 4 aromatic rings. The molecule has 0 N–H and O–H groups in total. The molecule has 8 heteroatoms. The highest BCUT2D eigenvalue weighted by Gasteiger charge is 2.23. The van der Waals surface area contributed by atoms with Gasteiger partial charge < -0.3 is 9.47 Å². The standard InChI is InChI=1S/C23H16N4O3S/c24-12-15-3-5-17(6-4-15)22(28)27(14-16-2-1-7-25-13-16)23-26-18-10-19-20(11-21(18)31-23)30-9-8-29-19/h1-7,10-11,13H,8-9,14H2. The lowest BCUT2D eigenvalue weighted by molar-refractivity contribution is 0.0985. The fraction of sp³-hybridized carbons (Fsp3) is 0.130. The molecule has 7 nitrogen and oxygen atoms in total. The second-order valence-corrected chi connectivity index (χ2v) is 7.91. The Kier molecular flexibility index (Phi) is 4.94. The molecule has 0 unspecified atom stereocenters. The number of fused-ring (bicyclic) bond motifs is 2. The number of pyridine rings is 1. The van der Waals surface area contributed by atoms with Gasteiger partial charge >= 0.3 is 0 Å². The molecule has 3 heterocycles. The smallest absolute Gasteiger partial charge is 0.260 e. The lowest BCUT2D eigenvalue weighted by atomic mass is 10.1. The van der Waals surface area contributed by atoms with Crippen LogP contribution in [0.25, 0.3) is 10.2 Å². The second-order valence-electron chi connectivity index (χ2n) is 6.90. The van der Waals surface area contributed by atoms with Crippen molar-refractivity contribution in [3.63, 3.8) is 0 Å². The Morgan fingerprint density at radius 2 is 1.90 bits per heavy atom. The summed E-state index contributed by atoms with van der Waals surface area (Å²) in [6.07, 6.45) is 3.42. The average molecular weight is 428 g/mol. The molecular weight excluding hydrogens is 412 g/mol. The SMILES string of the molecule is N#Cc1ccc(C(=O)N(Cc2cccnc2)c2nc3cc4c(cc3s2)OCCO4)cc1. The number of amides is 1. The maximum atomic E-state index is 13.4. The van der Waals surface area contributed by atoms with Gasteiger partial charge in [0.05, 0.1) is 28.4 Å². The quantitative estimate of drug-likeness (QED) is 0.485. The average Bonchev–Trinajstić information content (AvgIpc) is 3.23. The zero-order valence-corrected chi connectivity index (χ0v) is 17.1. The lowest BCUT2D eigenvalue weighted by Gasteiger charge is -2.20. The van der Waals surface area contributed by atoms with E-state index < -0.39 is 0 Å². The Bertz CT molecular complexity index is 1250. The predicted octanol–water partition coefficient (Wildman–Crippen LogP) is 4.18. The second kappa shape index (κ2) is 8.05. The van der Waals surface area contributed by atoms with Crippen LogP contribution in [0.15, 0.2) is 60.9 Å². The molecule has 1 amide bonds. The van der Waals surface area contributed by atoms with Gasteiger partial charge in [0.1, 0.15) is 13.2 Å². The topological polar surface area (TPSA) is 88.3 Å². The molecule has 0 saturated heterocycles. The number of benzene rings is 2. The van der Waals surface area contributed by atoms with Crippen molar-refractivity contribution in [1.82, 2.24) is 9.97 Å². The first-order chi connectivity index (χ1) is 15.2. The van der Waals surface area contributed by atoms with Crippen LogP contribution in [0.3, 0.4) is 0 Å². The molecule has 0 spiro atoms. The largest absolute Gasteiger partial charge is 0.486 e. The van der Waals surface area contributed by atoms with Crippen LogP contribution >= 0.6 is 11.3 Å². The first-order valence-electron chi connectivity index (χ1n) is 9.62. The van der Waals surface area contributed by atoms with E-state index in [9.17, 15) is 4.79 Å². The van der Waals surface area contributed by atoms with Gasteiger partial charge in [0, 0.05) is 30.1 Å². The van der Waals surface area contributed by atoms with Gasteiger partial charge in [0.2, 0.25) is 0 Å². The van der Waals surface area contributed by atoms with Crippen LogP contribution in [0.1, 0.15) is 21.5 Å². The number of hydrogen-bond acceptors (Lipinski definition) is 7. The van der Waals surface area contributed by atoms with E-state index in [2.05, 4.69) is 11.1 Å². The summed E-state index contributed by atoms with van der Waals surface area (Å²) in [4.78, 5) is 23.9. The molecule has 31 heavy (non-hydrogen) atoms. The van der Waals surface area contributed by atoms with Gasteiger partial charge in [-0.25, -0.2) is 4.98 Å². The van der Waals surface area contributed by atoms with Gasteiger partial charge in [-0.1, -0.05) is 17.4 Å². The number of nitriles is 1. The Morgan fingerprint density at radius 1 is 1.13 bits per heavy atom. The van der Waals surface area contributed by atoms with Crippen LogP contribution in [0, 0.1) is 11.3 Å². The number of thiazole rings is 1. The summed E-state index contributed by atoms with van der Waals surface area (Å²) in [5, 5.41) is 9.60. The molecule has 0 fully saturated rings. The highest BCUT2D eigenvalue weighted by atomic mass is 32.1. The Balaban J connectivity index is 1.56. The number of ether oxygens (including phenoxy) is 2. The lowest BCUT2D eigenvalue weighted by Crippen LogP contribution is -2.30. The molecule has 1 aliphatic rings. The Morgan fingerprint density at radius 3 is 2.61 bits per heavy atom. The highest BCUT2D eigenvalue weighted by Crippen LogP contribution is 2.39. The number of aromatic nitrogens is 2. The van der Waals surface area contributed by atoms with Gasteiger partial charge in [0.25, 0.3) is 5.91 Å². The first kappa shape index (κ1) is 19.0. The summed E-state index contributed by atoms with van der Waals surface area (Å²) in [7, 11) is 0. The molecule has 0 radical (unpaired) electrons. The third-order valence-electron chi connectivity index (χ3n) is 4.84. The molecule has 0 saturated carbocycles. The number of carbonyl (C=O) groups is 1. The number of carbonyl (C=O) groups excluding carboxylic acids is 1. The van der Waals surface area contributed by atoms with Crippen molar-refractivity contribution in [2.75, 3.05) is 18.1 Å². The Hall–Kier alpha value is -3.96. The fourth-order valence-electron chi connectivity index (χ4n) is 3.31. The summed E-state index contributed by atoms with van der Waals surface area (Å²) in [5.74, 6) is 1.14. The normalized spacial score (nSPS) is 12.4. The predicted molar refractivity (Wildman–Crippen MR) is 117 cm³/mol. The minimum absolute atomic E-state index is 0.204. The third kappa shape index (κ3) is 3.79. The van der Waals surface area contributed by atoms with Crippen LogP contribution in [0.2, 0.25) is 0 Å².